The minimum atomic E-state index is 0.287. The van der Waals surface area contributed by atoms with E-state index in [0.29, 0.717) is 0 Å². The van der Waals surface area contributed by atoms with E-state index in [0.717, 1.165) is 18.7 Å². The summed E-state index contributed by atoms with van der Waals surface area (Å²) in [5.41, 5.74) is 2.69. The van der Waals surface area contributed by atoms with Crippen LogP contribution in [0.1, 0.15) is 25.2 Å². The van der Waals surface area contributed by atoms with Crippen LogP contribution in [0.4, 0.5) is 0 Å². The molecule has 0 unspecified atom stereocenters. The van der Waals surface area contributed by atoms with Gasteiger partial charge in [-0.15, -0.1) is 0 Å². The Balaban J connectivity index is 2.72. The number of hydrogen-bond donors (Lipinski definition) is 1. The van der Waals surface area contributed by atoms with Gasteiger partial charge in [0.2, 0.25) is 0 Å². The third kappa shape index (κ3) is 2.84. The van der Waals surface area contributed by atoms with E-state index in [1.807, 2.05) is 25.7 Å². The van der Waals surface area contributed by atoms with Gasteiger partial charge < -0.3 is 5.32 Å². The van der Waals surface area contributed by atoms with Crippen molar-refractivity contribution >= 4 is 0 Å². The summed E-state index contributed by atoms with van der Waals surface area (Å²) in [6, 6.07) is 2.16. The van der Waals surface area contributed by atoms with Crippen molar-refractivity contribution in [3.63, 3.8) is 0 Å². The van der Waals surface area contributed by atoms with Gasteiger partial charge in [-0.1, -0.05) is 13.8 Å². The summed E-state index contributed by atoms with van der Waals surface area (Å²) in [5, 5.41) is 7.58. The van der Waals surface area contributed by atoms with Crippen molar-refractivity contribution in [1.82, 2.24) is 15.1 Å². The number of nitrogens with zero attached hydrogens (tertiary/aromatic N) is 2. The molecule has 80 valence electrons. The maximum absolute atomic E-state index is 4.35. The predicted octanol–water partition coefficient (Wildman–Crippen LogP) is 1.52. The largest absolute Gasteiger partial charge is 0.319 e. The van der Waals surface area contributed by atoms with Crippen molar-refractivity contribution < 1.29 is 0 Å². The molecule has 0 bridgehead atoms. The van der Waals surface area contributed by atoms with Crippen molar-refractivity contribution in [2.45, 2.75) is 27.2 Å². The van der Waals surface area contributed by atoms with Gasteiger partial charge >= 0.3 is 0 Å². The van der Waals surface area contributed by atoms with Gasteiger partial charge in [0.1, 0.15) is 0 Å². The van der Waals surface area contributed by atoms with Crippen LogP contribution < -0.4 is 5.32 Å². The van der Waals surface area contributed by atoms with Crippen LogP contribution in [0.2, 0.25) is 0 Å². The van der Waals surface area contributed by atoms with Gasteiger partial charge in [0.05, 0.1) is 5.69 Å². The molecule has 1 aromatic heterocycles. The highest BCUT2D eigenvalue weighted by molar-refractivity contribution is 5.10. The van der Waals surface area contributed by atoms with Crippen LogP contribution in [0.15, 0.2) is 6.07 Å². The van der Waals surface area contributed by atoms with Gasteiger partial charge in [-0.2, -0.15) is 5.10 Å². The third-order valence-electron chi connectivity index (χ3n) is 2.41. The smallest absolute Gasteiger partial charge is 0.0596 e. The van der Waals surface area contributed by atoms with Crippen molar-refractivity contribution in [3.8, 4) is 0 Å². The number of aryl methyl sites for hydroxylation is 2. The molecular weight excluding hydrogens is 174 g/mol. The van der Waals surface area contributed by atoms with Gasteiger partial charge in [0.15, 0.2) is 0 Å². The molecule has 0 aromatic carbocycles. The van der Waals surface area contributed by atoms with Crippen LogP contribution in [0, 0.1) is 12.3 Å². The minimum absolute atomic E-state index is 0.287. The highest BCUT2D eigenvalue weighted by atomic mass is 15.3. The summed E-state index contributed by atoms with van der Waals surface area (Å²) in [6.07, 6.45) is 1.06. The monoisotopic (exact) mass is 195 g/mol. The zero-order chi connectivity index (χ0) is 10.8. The number of rotatable bonds is 4. The summed E-state index contributed by atoms with van der Waals surface area (Å²) >= 11 is 0. The zero-order valence-electron chi connectivity index (χ0n) is 9.89. The molecule has 1 heterocycles. The summed E-state index contributed by atoms with van der Waals surface area (Å²) < 4.78 is 1.98. The first-order valence-corrected chi connectivity index (χ1v) is 5.09. The summed E-state index contributed by atoms with van der Waals surface area (Å²) in [5.74, 6) is 0. The van der Waals surface area contributed by atoms with E-state index in [-0.39, 0.29) is 5.41 Å². The molecule has 0 saturated carbocycles. The Kier molecular flexibility index (Phi) is 3.32. The Morgan fingerprint density at radius 3 is 2.57 bits per heavy atom. The van der Waals surface area contributed by atoms with Crippen molar-refractivity contribution in [1.29, 1.82) is 0 Å². The van der Waals surface area contributed by atoms with Gasteiger partial charge in [-0.3, -0.25) is 4.68 Å². The molecule has 0 atom stereocenters. The molecule has 0 radical (unpaired) electrons. The first-order chi connectivity index (χ1) is 6.44. The molecule has 0 aliphatic heterocycles. The van der Waals surface area contributed by atoms with E-state index in [9.17, 15) is 0 Å². The zero-order valence-corrected chi connectivity index (χ0v) is 9.89. The average Bonchev–Trinajstić information content (AvgIpc) is 2.28. The van der Waals surface area contributed by atoms with Crippen molar-refractivity contribution in [2.24, 2.45) is 12.5 Å². The molecule has 3 heteroatoms. The van der Waals surface area contributed by atoms with Crippen LogP contribution in [-0.4, -0.2) is 23.4 Å². The normalized spacial score (nSPS) is 12.1. The second-order valence-corrected chi connectivity index (χ2v) is 4.77. The SMILES string of the molecule is CNCC(C)(C)Cc1cc(C)nn1C. The quantitative estimate of drug-likeness (QED) is 0.789. The summed E-state index contributed by atoms with van der Waals surface area (Å²) in [4.78, 5) is 0. The van der Waals surface area contributed by atoms with Gasteiger partial charge in [0.25, 0.3) is 0 Å². The molecule has 0 saturated heterocycles. The fourth-order valence-corrected chi connectivity index (χ4v) is 1.86. The molecule has 0 amide bonds. The van der Waals surface area contributed by atoms with Crippen molar-refractivity contribution in [2.75, 3.05) is 13.6 Å². The Morgan fingerprint density at radius 1 is 1.50 bits per heavy atom. The molecule has 0 aliphatic rings. The second-order valence-electron chi connectivity index (χ2n) is 4.77. The first-order valence-electron chi connectivity index (χ1n) is 5.09. The number of aromatic nitrogens is 2. The summed E-state index contributed by atoms with van der Waals surface area (Å²) in [6.45, 7) is 7.60. The Morgan fingerprint density at radius 2 is 2.14 bits per heavy atom. The standard InChI is InChI=1S/C11H21N3/c1-9-6-10(14(5)13-9)7-11(2,3)8-12-4/h6,12H,7-8H2,1-5H3. The van der Waals surface area contributed by atoms with E-state index < -0.39 is 0 Å². The Bertz CT molecular complexity index is 299. The second kappa shape index (κ2) is 4.13. The lowest BCUT2D eigenvalue weighted by Crippen LogP contribution is -2.29. The molecule has 1 N–H and O–H groups in total. The molecule has 1 rings (SSSR count). The third-order valence-corrected chi connectivity index (χ3v) is 2.41. The van der Waals surface area contributed by atoms with Crippen LogP contribution in [0.3, 0.4) is 0 Å². The van der Waals surface area contributed by atoms with E-state index in [2.05, 4.69) is 30.3 Å². The fourth-order valence-electron chi connectivity index (χ4n) is 1.86. The Labute approximate surface area is 86.5 Å². The highest BCUT2D eigenvalue weighted by Crippen LogP contribution is 2.20. The van der Waals surface area contributed by atoms with Gasteiger partial charge in [0, 0.05) is 19.3 Å². The van der Waals surface area contributed by atoms with Crippen LogP contribution >= 0.6 is 0 Å². The maximum Gasteiger partial charge on any atom is 0.0596 e. The summed E-state index contributed by atoms with van der Waals surface area (Å²) in [7, 11) is 4.01. The van der Waals surface area contributed by atoms with Crippen LogP contribution in [0.25, 0.3) is 0 Å². The lowest BCUT2D eigenvalue weighted by Gasteiger charge is -2.23. The molecule has 3 nitrogen and oxygen atoms in total. The van der Waals surface area contributed by atoms with E-state index in [1.165, 1.54) is 5.69 Å². The van der Waals surface area contributed by atoms with E-state index >= 15 is 0 Å². The molecular formula is C11H21N3. The minimum Gasteiger partial charge on any atom is -0.319 e. The molecule has 14 heavy (non-hydrogen) atoms. The van der Waals surface area contributed by atoms with Crippen molar-refractivity contribution in [3.05, 3.63) is 17.5 Å². The molecule has 0 aliphatic carbocycles. The Hall–Kier alpha value is -0.830. The van der Waals surface area contributed by atoms with Gasteiger partial charge in [-0.05, 0) is 31.9 Å². The lowest BCUT2D eigenvalue weighted by atomic mass is 9.87. The van der Waals surface area contributed by atoms with E-state index in [4.69, 9.17) is 0 Å². The molecule has 1 aromatic rings. The van der Waals surface area contributed by atoms with Crippen LogP contribution in [-0.2, 0) is 13.5 Å². The first kappa shape index (κ1) is 11.2. The number of nitrogens with one attached hydrogen (secondary N) is 1. The maximum atomic E-state index is 4.35. The van der Waals surface area contributed by atoms with Crippen LogP contribution in [0.5, 0.6) is 0 Å². The predicted molar refractivity (Wildman–Crippen MR) is 59.4 cm³/mol. The highest BCUT2D eigenvalue weighted by Gasteiger charge is 2.19. The van der Waals surface area contributed by atoms with Gasteiger partial charge in [-0.25, -0.2) is 0 Å². The average molecular weight is 195 g/mol. The lowest BCUT2D eigenvalue weighted by molar-refractivity contribution is 0.341. The molecule has 0 spiro atoms. The fraction of sp³-hybridized carbons (Fsp3) is 0.727. The number of hydrogen-bond acceptors (Lipinski definition) is 2. The van der Waals surface area contributed by atoms with E-state index in [1.54, 1.807) is 0 Å². The topological polar surface area (TPSA) is 29.9 Å². The molecule has 0 fully saturated rings.